The summed E-state index contributed by atoms with van der Waals surface area (Å²) >= 11 is 0. The SMILES string of the molecule is O=C(Cc1ccccc1F)N1C[C@@H]2CN(CC3CC3)CCO[C@@H]2C1. The lowest BCUT2D eigenvalue weighted by molar-refractivity contribution is -0.130. The van der Waals surface area contributed by atoms with Gasteiger partial charge in [-0.1, -0.05) is 18.2 Å². The van der Waals surface area contributed by atoms with Crippen molar-refractivity contribution in [3.63, 3.8) is 0 Å². The van der Waals surface area contributed by atoms with Gasteiger partial charge in [-0.05, 0) is 30.4 Å². The van der Waals surface area contributed by atoms with Crippen LogP contribution in [0.5, 0.6) is 0 Å². The molecule has 5 heteroatoms. The Labute approximate surface area is 142 Å². The Morgan fingerprint density at radius 3 is 2.83 bits per heavy atom. The molecule has 4 nitrogen and oxygen atoms in total. The molecule has 2 heterocycles. The van der Waals surface area contributed by atoms with Crippen molar-refractivity contribution < 1.29 is 13.9 Å². The number of carbonyl (C=O) groups excluding carboxylic acids is 1. The third-order valence-electron chi connectivity index (χ3n) is 5.48. The number of ether oxygens (including phenoxy) is 1. The van der Waals surface area contributed by atoms with Crippen LogP contribution in [0.25, 0.3) is 0 Å². The fourth-order valence-corrected chi connectivity index (χ4v) is 3.91. The van der Waals surface area contributed by atoms with Gasteiger partial charge in [-0.2, -0.15) is 0 Å². The molecule has 0 N–H and O–H groups in total. The summed E-state index contributed by atoms with van der Waals surface area (Å²) in [6.07, 6.45) is 2.99. The predicted molar refractivity (Wildman–Crippen MR) is 89.1 cm³/mol. The van der Waals surface area contributed by atoms with E-state index in [0.29, 0.717) is 18.0 Å². The molecule has 2 saturated heterocycles. The Balaban J connectivity index is 1.36. The Morgan fingerprint density at radius 1 is 1.21 bits per heavy atom. The molecule has 1 amide bonds. The van der Waals surface area contributed by atoms with Crippen molar-refractivity contribution in [2.24, 2.45) is 11.8 Å². The molecule has 4 rings (SSSR count). The van der Waals surface area contributed by atoms with Crippen LogP contribution >= 0.6 is 0 Å². The molecule has 2 aliphatic heterocycles. The lowest BCUT2D eigenvalue weighted by Gasteiger charge is -2.23. The molecule has 24 heavy (non-hydrogen) atoms. The molecule has 0 aromatic heterocycles. The van der Waals surface area contributed by atoms with Crippen molar-refractivity contribution in [3.05, 3.63) is 35.6 Å². The predicted octanol–water partition coefficient (Wildman–Crippen LogP) is 1.94. The second-order valence-electron chi connectivity index (χ2n) is 7.44. The van der Waals surface area contributed by atoms with E-state index in [1.54, 1.807) is 18.2 Å². The summed E-state index contributed by atoms with van der Waals surface area (Å²) in [5.41, 5.74) is 0.478. The van der Waals surface area contributed by atoms with E-state index in [4.69, 9.17) is 4.74 Å². The minimum Gasteiger partial charge on any atom is -0.375 e. The number of fused-ring (bicyclic) bond motifs is 1. The highest BCUT2D eigenvalue weighted by Crippen LogP contribution is 2.31. The molecule has 1 aromatic carbocycles. The van der Waals surface area contributed by atoms with Gasteiger partial charge in [-0.25, -0.2) is 4.39 Å². The smallest absolute Gasteiger partial charge is 0.227 e. The van der Waals surface area contributed by atoms with Gasteiger partial charge < -0.3 is 14.5 Å². The second kappa shape index (κ2) is 6.81. The van der Waals surface area contributed by atoms with Gasteiger partial charge in [0.15, 0.2) is 0 Å². The lowest BCUT2D eigenvalue weighted by atomic mass is 10.1. The zero-order chi connectivity index (χ0) is 16.5. The van der Waals surface area contributed by atoms with Crippen LogP contribution in [0, 0.1) is 17.7 Å². The zero-order valence-electron chi connectivity index (χ0n) is 14.0. The maximum atomic E-state index is 13.8. The second-order valence-corrected chi connectivity index (χ2v) is 7.44. The average Bonchev–Trinajstić information content (AvgIpc) is 3.33. The van der Waals surface area contributed by atoms with E-state index in [0.717, 1.165) is 32.2 Å². The van der Waals surface area contributed by atoms with Crippen LogP contribution < -0.4 is 0 Å². The highest BCUT2D eigenvalue weighted by atomic mass is 19.1. The molecule has 1 aliphatic carbocycles. The molecule has 130 valence electrons. The standard InChI is InChI=1S/C19H25FN2O2/c20-17-4-2-1-3-15(17)9-19(23)22-12-16-11-21(10-14-5-6-14)7-8-24-18(16)13-22/h1-4,14,16,18H,5-13H2/t16-,18+/m0/s1. The molecular weight excluding hydrogens is 307 g/mol. The van der Waals surface area contributed by atoms with Gasteiger partial charge >= 0.3 is 0 Å². The first-order valence-corrected chi connectivity index (χ1v) is 9.04. The van der Waals surface area contributed by atoms with Gasteiger partial charge in [0.05, 0.1) is 19.1 Å². The van der Waals surface area contributed by atoms with Gasteiger partial charge in [-0.3, -0.25) is 4.79 Å². The van der Waals surface area contributed by atoms with Gasteiger partial charge in [-0.15, -0.1) is 0 Å². The summed E-state index contributed by atoms with van der Waals surface area (Å²) in [5, 5.41) is 0. The zero-order valence-corrected chi connectivity index (χ0v) is 14.0. The highest BCUT2D eigenvalue weighted by molar-refractivity contribution is 5.79. The lowest BCUT2D eigenvalue weighted by Crippen LogP contribution is -2.35. The summed E-state index contributed by atoms with van der Waals surface area (Å²) in [6, 6.07) is 6.53. The van der Waals surface area contributed by atoms with Crippen molar-refractivity contribution in [1.29, 1.82) is 0 Å². The number of amides is 1. The molecule has 3 aliphatic rings. The van der Waals surface area contributed by atoms with Gasteiger partial charge in [0.25, 0.3) is 0 Å². The van der Waals surface area contributed by atoms with Crippen LogP contribution in [0.3, 0.4) is 0 Å². The third-order valence-corrected chi connectivity index (χ3v) is 5.48. The normalized spacial score (nSPS) is 27.8. The van der Waals surface area contributed by atoms with E-state index < -0.39 is 0 Å². The summed E-state index contributed by atoms with van der Waals surface area (Å²) in [7, 11) is 0. The van der Waals surface area contributed by atoms with E-state index in [9.17, 15) is 9.18 Å². The van der Waals surface area contributed by atoms with Gasteiger partial charge in [0.2, 0.25) is 5.91 Å². The van der Waals surface area contributed by atoms with Crippen molar-refractivity contribution in [1.82, 2.24) is 9.80 Å². The Kier molecular flexibility index (Phi) is 4.55. The third kappa shape index (κ3) is 3.62. The summed E-state index contributed by atoms with van der Waals surface area (Å²) in [6.45, 7) is 5.34. The van der Waals surface area contributed by atoms with E-state index >= 15 is 0 Å². The molecule has 3 fully saturated rings. The summed E-state index contributed by atoms with van der Waals surface area (Å²) in [4.78, 5) is 16.9. The maximum absolute atomic E-state index is 13.8. The Hall–Kier alpha value is -1.46. The molecule has 1 aromatic rings. The number of carbonyl (C=O) groups is 1. The number of rotatable bonds is 4. The number of nitrogens with zero attached hydrogens (tertiary/aromatic N) is 2. The van der Waals surface area contributed by atoms with E-state index in [1.165, 1.54) is 25.5 Å². The van der Waals surface area contributed by atoms with Crippen molar-refractivity contribution in [3.8, 4) is 0 Å². The highest BCUT2D eigenvalue weighted by Gasteiger charge is 2.39. The number of halogens is 1. The summed E-state index contributed by atoms with van der Waals surface area (Å²) in [5.74, 6) is 0.967. The minimum absolute atomic E-state index is 0.00511. The molecule has 0 radical (unpaired) electrons. The molecule has 0 bridgehead atoms. The molecule has 0 spiro atoms. The van der Waals surface area contributed by atoms with E-state index in [1.807, 2.05) is 4.90 Å². The minimum atomic E-state index is -0.300. The van der Waals surface area contributed by atoms with Crippen LogP contribution in [-0.4, -0.2) is 61.1 Å². The molecular formula is C19H25FN2O2. The summed E-state index contributed by atoms with van der Waals surface area (Å²) < 4.78 is 19.8. The quantitative estimate of drug-likeness (QED) is 0.845. The van der Waals surface area contributed by atoms with Crippen LogP contribution in [0.15, 0.2) is 24.3 Å². The van der Waals surface area contributed by atoms with E-state index in [2.05, 4.69) is 4.90 Å². The number of hydrogen-bond donors (Lipinski definition) is 0. The van der Waals surface area contributed by atoms with E-state index in [-0.39, 0.29) is 24.2 Å². The monoisotopic (exact) mass is 332 g/mol. The van der Waals surface area contributed by atoms with Gasteiger partial charge in [0.1, 0.15) is 5.82 Å². The first-order chi connectivity index (χ1) is 11.7. The van der Waals surface area contributed by atoms with Crippen LogP contribution in [0.4, 0.5) is 4.39 Å². The average molecular weight is 332 g/mol. The van der Waals surface area contributed by atoms with Crippen molar-refractivity contribution >= 4 is 5.91 Å². The largest absolute Gasteiger partial charge is 0.375 e. The fourth-order valence-electron chi connectivity index (χ4n) is 3.91. The van der Waals surface area contributed by atoms with Crippen molar-refractivity contribution in [2.75, 3.05) is 39.3 Å². The van der Waals surface area contributed by atoms with Gasteiger partial charge in [0, 0.05) is 38.6 Å². The number of hydrogen-bond acceptors (Lipinski definition) is 3. The molecule has 2 atom stereocenters. The fraction of sp³-hybridized carbons (Fsp3) is 0.632. The molecule has 0 unspecified atom stereocenters. The number of benzene rings is 1. The molecule has 1 saturated carbocycles. The Morgan fingerprint density at radius 2 is 2.04 bits per heavy atom. The first kappa shape index (κ1) is 16.0. The van der Waals surface area contributed by atoms with Crippen LogP contribution in [-0.2, 0) is 16.0 Å². The Bertz CT molecular complexity index is 605. The first-order valence-electron chi connectivity index (χ1n) is 9.04. The van der Waals surface area contributed by atoms with Crippen molar-refractivity contribution in [2.45, 2.75) is 25.4 Å². The maximum Gasteiger partial charge on any atom is 0.227 e. The van der Waals surface area contributed by atoms with Crippen LogP contribution in [0.1, 0.15) is 18.4 Å². The topological polar surface area (TPSA) is 32.8 Å². The van der Waals surface area contributed by atoms with Crippen LogP contribution in [0.2, 0.25) is 0 Å². The number of likely N-dealkylation sites (tertiary alicyclic amines) is 1.